The molecule has 0 radical (unpaired) electrons. The van der Waals surface area contributed by atoms with Gasteiger partial charge < -0.3 is 20.4 Å². The van der Waals surface area contributed by atoms with E-state index >= 15 is 0 Å². The quantitative estimate of drug-likeness (QED) is 0.202. The summed E-state index contributed by atoms with van der Waals surface area (Å²) in [6, 6.07) is 8.17. The zero-order valence-corrected chi connectivity index (χ0v) is 20.7. The van der Waals surface area contributed by atoms with Crippen LogP contribution in [-0.2, 0) is 20.7 Å². The Bertz CT molecular complexity index is 1320. The van der Waals surface area contributed by atoms with E-state index in [1.807, 2.05) is 12.1 Å². The summed E-state index contributed by atoms with van der Waals surface area (Å²) in [5.41, 5.74) is 7.44. The number of esters is 1. The van der Waals surface area contributed by atoms with Crippen LogP contribution in [0.1, 0.15) is 35.3 Å². The lowest BCUT2D eigenvalue weighted by Crippen LogP contribution is -2.08. The highest BCUT2D eigenvalue weighted by molar-refractivity contribution is 6.07. The standard InChI is InChI=1S/C12H15N3O4.C11H12N2O2.CO2/c1-4-10-11(14(16)17)6-5-9(7-8-13(2)3)12(10)15(18)19;1-2-15-11(14)9-8(12)4-3-7-5-6-13-10(7)9;2-1-3/h5-8H,4H2,1-3H3;3-6,13H,2,12H2,1H3;/b8-7+;;. The van der Waals surface area contributed by atoms with Crippen molar-refractivity contribution >= 4 is 46.2 Å². The third-order valence-corrected chi connectivity index (χ3v) is 4.81. The van der Waals surface area contributed by atoms with Gasteiger partial charge in [0, 0.05) is 37.4 Å². The summed E-state index contributed by atoms with van der Waals surface area (Å²) in [5, 5.41) is 23.0. The van der Waals surface area contributed by atoms with E-state index < -0.39 is 9.85 Å². The van der Waals surface area contributed by atoms with E-state index in [-0.39, 0.29) is 35.5 Å². The Balaban J connectivity index is 0.000000341. The molecule has 0 aliphatic carbocycles. The van der Waals surface area contributed by atoms with Crippen molar-refractivity contribution in [3.05, 3.63) is 79.6 Å². The molecule has 1 heterocycles. The minimum absolute atomic E-state index is 0.149. The highest BCUT2D eigenvalue weighted by atomic mass is 16.6. The summed E-state index contributed by atoms with van der Waals surface area (Å²) in [7, 11) is 3.57. The van der Waals surface area contributed by atoms with Crippen LogP contribution in [0.5, 0.6) is 0 Å². The van der Waals surface area contributed by atoms with E-state index in [0.717, 1.165) is 10.9 Å². The van der Waals surface area contributed by atoms with Gasteiger partial charge in [-0.3, -0.25) is 20.2 Å². The molecule has 0 saturated heterocycles. The van der Waals surface area contributed by atoms with Crippen LogP contribution in [0.4, 0.5) is 17.1 Å². The predicted octanol–water partition coefficient (Wildman–Crippen LogP) is 3.94. The number of nitro benzene ring substituents is 2. The zero-order valence-electron chi connectivity index (χ0n) is 20.7. The number of ether oxygens (including phenoxy) is 1. The highest BCUT2D eigenvalue weighted by Gasteiger charge is 2.26. The molecule has 0 atom stereocenters. The molecule has 1 aromatic heterocycles. The number of carbonyl (C=O) groups is 1. The summed E-state index contributed by atoms with van der Waals surface area (Å²) in [6.07, 6.45) is 5.48. The maximum Gasteiger partial charge on any atom is 0.373 e. The van der Waals surface area contributed by atoms with Crippen molar-refractivity contribution in [1.29, 1.82) is 0 Å². The first-order valence-corrected chi connectivity index (χ1v) is 10.8. The molecule has 0 saturated carbocycles. The summed E-state index contributed by atoms with van der Waals surface area (Å²) < 4.78 is 4.95. The number of nitro groups is 2. The molecule has 3 N–H and O–H groups in total. The number of H-pyrrole nitrogens is 1. The van der Waals surface area contributed by atoms with Gasteiger partial charge in [-0.25, -0.2) is 4.79 Å². The molecule has 0 amide bonds. The molecule has 0 unspecified atom stereocenters. The first kappa shape index (κ1) is 30.0. The van der Waals surface area contributed by atoms with Crippen molar-refractivity contribution in [1.82, 2.24) is 9.88 Å². The molecule has 0 spiro atoms. The minimum atomic E-state index is -0.592. The van der Waals surface area contributed by atoms with Gasteiger partial charge >= 0.3 is 12.1 Å². The second-order valence-corrected chi connectivity index (χ2v) is 7.42. The molecule has 3 aromatic rings. The largest absolute Gasteiger partial charge is 0.462 e. The van der Waals surface area contributed by atoms with Crippen LogP contribution >= 0.6 is 0 Å². The number of nitrogens with two attached hydrogens (primary N) is 1. The number of nitrogens with zero attached hydrogens (tertiary/aromatic N) is 3. The van der Waals surface area contributed by atoms with Gasteiger partial charge in [0.05, 0.1) is 27.5 Å². The van der Waals surface area contributed by atoms with Crippen molar-refractivity contribution in [2.24, 2.45) is 0 Å². The number of nitrogens with one attached hydrogen (secondary N) is 1. The van der Waals surface area contributed by atoms with Gasteiger partial charge in [-0.05, 0) is 43.8 Å². The number of anilines is 1. The number of rotatable bonds is 7. The van der Waals surface area contributed by atoms with Gasteiger partial charge in [-0.2, -0.15) is 9.59 Å². The van der Waals surface area contributed by atoms with Gasteiger partial charge in [0.25, 0.3) is 11.4 Å². The first-order valence-electron chi connectivity index (χ1n) is 10.8. The third-order valence-electron chi connectivity index (χ3n) is 4.81. The molecule has 13 heteroatoms. The molecule has 0 bridgehead atoms. The molecule has 13 nitrogen and oxygen atoms in total. The van der Waals surface area contributed by atoms with Crippen LogP contribution in [0.25, 0.3) is 17.0 Å². The van der Waals surface area contributed by atoms with Crippen molar-refractivity contribution < 1.29 is 29.0 Å². The summed E-state index contributed by atoms with van der Waals surface area (Å²) >= 11 is 0. The Labute approximate surface area is 211 Å². The SMILES string of the molecule is CCOC(=O)c1c(N)ccc2cc[nH]c12.CCc1c([N+](=O)[O-])ccc(/C=C/N(C)C)c1[N+](=O)[O-].O=C=O. The molecule has 37 heavy (non-hydrogen) atoms. The second-order valence-electron chi connectivity index (χ2n) is 7.42. The molecule has 0 fully saturated rings. The average Bonchev–Trinajstić information content (AvgIpc) is 3.31. The number of fused-ring (bicyclic) bond motifs is 1. The topological polar surface area (TPSA) is 192 Å². The summed E-state index contributed by atoms with van der Waals surface area (Å²) in [4.78, 5) is 53.5. The zero-order chi connectivity index (χ0) is 28.1. The second kappa shape index (κ2) is 14.4. The molecule has 3 rings (SSSR count). The molecule has 0 aliphatic rings. The molecule has 0 aliphatic heterocycles. The molecular weight excluding hydrogens is 486 g/mol. The fourth-order valence-electron chi connectivity index (χ4n) is 3.31. The maximum atomic E-state index is 11.7. The van der Waals surface area contributed by atoms with Crippen molar-refractivity contribution in [2.45, 2.75) is 20.3 Å². The predicted molar refractivity (Wildman–Crippen MR) is 136 cm³/mol. The Kier molecular flexibility index (Phi) is 11.7. The van der Waals surface area contributed by atoms with Gasteiger partial charge in [-0.15, -0.1) is 0 Å². The summed E-state index contributed by atoms with van der Waals surface area (Å²) in [6.45, 7) is 3.77. The van der Waals surface area contributed by atoms with Crippen LogP contribution in [-0.4, -0.2) is 52.6 Å². The van der Waals surface area contributed by atoms with Crippen LogP contribution in [0.15, 0.2) is 42.7 Å². The highest BCUT2D eigenvalue weighted by Crippen LogP contribution is 2.33. The fraction of sp³-hybridized carbons (Fsp3) is 0.250. The third kappa shape index (κ3) is 8.01. The first-order chi connectivity index (χ1) is 17.5. The number of hydrogen-bond donors (Lipinski definition) is 2. The number of aromatic amines is 1. The minimum Gasteiger partial charge on any atom is -0.462 e. The van der Waals surface area contributed by atoms with Gasteiger partial charge in [0.15, 0.2) is 0 Å². The van der Waals surface area contributed by atoms with Gasteiger partial charge in [0.1, 0.15) is 11.1 Å². The summed E-state index contributed by atoms with van der Waals surface area (Å²) in [5.74, 6) is -0.386. The van der Waals surface area contributed by atoms with Crippen LogP contribution in [0.3, 0.4) is 0 Å². The fourth-order valence-corrected chi connectivity index (χ4v) is 3.31. The molecule has 196 valence electrons. The lowest BCUT2D eigenvalue weighted by molar-refractivity contribution is -0.395. The smallest absolute Gasteiger partial charge is 0.373 e. The Morgan fingerprint density at radius 2 is 1.76 bits per heavy atom. The monoisotopic (exact) mass is 513 g/mol. The van der Waals surface area contributed by atoms with Gasteiger partial charge in [-0.1, -0.05) is 13.0 Å². The number of benzene rings is 2. The van der Waals surface area contributed by atoms with Crippen LogP contribution in [0, 0.1) is 20.2 Å². The Hall–Kier alpha value is -5.03. The Morgan fingerprint density at radius 3 is 2.27 bits per heavy atom. The lowest BCUT2D eigenvalue weighted by Gasteiger charge is -2.06. The lowest BCUT2D eigenvalue weighted by atomic mass is 10.0. The van der Waals surface area contributed by atoms with E-state index in [4.69, 9.17) is 20.1 Å². The van der Waals surface area contributed by atoms with Crippen LogP contribution < -0.4 is 5.73 Å². The van der Waals surface area contributed by atoms with E-state index in [2.05, 4.69) is 4.98 Å². The Morgan fingerprint density at radius 1 is 1.11 bits per heavy atom. The number of nitrogen functional groups attached to an aromatic ring is 1. The van der Waals surface area contributed by atoms with E-state index in [1.165, 1.54) is 12.1 Å². The number of aromatic nitrogens is 1. The molecule has 2 aromatic carbocycles. The van der Waals surface area contributed by atoms with Gasteiger partial charge in [0.2, 0.25) is 0 Å². The van der Waals surface area contributed by atoms with Crippen molar-refractivity contribution in [2.75, 3.05) is 26.4 Å². The van der Waals surface area contributed by atoms with E-state index in [1.54, 1.807) is 57.4 Å². The average molecular weight is 514 g/mol. The number of carbonyl (C=O) groups excluding carboxylic acids is 3. The maximum absolute atomic E-state index is 11.7. The van der Waals surface area contributed by atoms with Crippen LogP contribution in [0.2, 0.25) is 0 Å². The normalized spacial score (nSPS) is 9.95. The number of hydrogen-bond acceptors (Lipinski definition) is 10. The molecular formula is C24H27N5O8. The van der Waals surface area contributed by atoms with Crippen molar-refractivity contribution in [3.63, 3.8) is 0 Å². The van der Waals surface area contributed by atoms with Crippen molar-refractivity contribution in [3.8, 4) is 0 Å². The van der Waals surface area contributed by atoms with E-state index in [9.17, 15) is 25.0 Å². The van der Waals surface area contributed by atoms with E-state index in [0.29, 0.717) is 23.4 Å².